The van der Waals surface area contributed by atoms with Crippen LogP contribution in [0.4, 0.5) is 5.69 Å². The number of carbonyl (C=O) groups excluding carboxylic acids is 2. The summed E-state index contributed by atoms with van der Waals surface area (Å²) in [6.45, 7) is 1.78. The first-order valence-corrected chi connectivity index (χ1v) is 10.6. The van der Waals surface area contributed by atoms with E-state index in [-0.39, 0.29) is 23.8 Å². The Labute approximate surface area is 199 Å². The number of benzene rings is 3. The molecule has 170 valence electrons. The molecule has 0 spiro atoms. The summed E-state index contributed by atoms with van der Waals surface area (Å²) in [6.07, 6.45) is 1.42. The van der Waals surface area contributed by atoms with E-state index >= 15 is 0 Å². The summed E-state index contributed by atoms with van der Waals surface area (Å²) >= 11 is 3.25. The van der Waals surface area contributed by atoms with Gasteiger partial charge < -0.3 is 19.9 Å². The first-order chi connectivity index (χ1) is 15.9. The van der Waals surface area contributed by atoms with E-state index in [2.05, 4.69) is 31.8 Å². The Morgan fingerprint density at radius 3 is 2.55 bits per heavy atom. The minimum atomic E-state index is -0.559. The van der Waals surface area contributed by atoms with E-state index in [1.165, 1.54) is 25.5 Å². The summed E-state index contributed by atoms with van der Waals surface area (Å²) in [5, 5.41) is 16.5. The van der Waals surface area contributed by atoms with Crippen LogP contribution in [0.5, 0.6) is 17.2 Å². The lowest BCUT2D eigenvalue weighted by Crippen LogP contribution is -2.20. The molecule has 3 rings (SSSR count). The van der Waals surface area contributed by atoms with Crippen LogP contribution in [0.2, 0.25) is 0 Å². The predicted molar refractivity (Wildman–Crippen MR) is 129 cm³/mol. The Morgan fingerprint density at radius 2 is 1.82 bits per heavy atom. The van der Waals surface area contributed by atoms with Gasteiger partial charge in [-0.2, -0.15) is 5.10 Å². The number of aromatic hydroxyl groups is 1. The third-order valence-corrected chi connectivity index (χ3v) is 4.96. The quantitative estimate of drug-likeness (QED) is 0.309. The molecule has 3 aromatic rings. The minimum Gasteiger partial charge on any atom is -0.507 e. The minimum absolute atomic E-state index is 0.0896. The number of phenolic OH excluding ortho intramolecular Hbond substituents is 1. The monoisotopic (exact) mass is 511 g/mol. The second kappa shape index (κ2) is 11.1. The van der Waals surface area contributed by atoms with Crippen LogP contribution < -0.4 is 20.2 Å². The number of methoxy groups -OCH3 is 1. The van der Waals surface area contributed by atoms with Crippen molar-refractivity contribution in [3.8, 4) is 17.2 Å². The maximum Gasteiger partial charge on any atom is 0.275 e. The molecule has 8 nitrogen and oxygen atoms in total. The molecule has 0 bridgehead atoms. The van der Waals surface area contributed by atoms with Crippen molar-refractivity contribution in [2.45, 2.75) is 6.92 Å². The second-order valence-corrected chi connectivity index (χ2v) is 7.89. The number of hydrazone groups is 1. The molecule has 0 aliphatic rings. The summed E-state index contributed by atoms with van der Waals surface area (Å²) < 4.78 is 11.6. The molecular formula is C24H22BrN3O5. The summed E-state index contributed by atoms with van der Waals surface area (Å²) in [5.41, 5.74) is 4.86. The van der Waals surface area contributed by atoms with Crippen LogP contribution >= 0.6 is 15.9 Å². The zero-order chi connectivity index (χ0) is 23.8. The number of halogens is 1. The highest BCUT2D eigenvalue weighted by Crippen LogP contribution is 2.27. The Balaban J connectivity index is 1.58. The molecule has 9 heteroatoms. The van der Waals surface area contributed by atoms with E-state index in [1.807, 2.05) is 31.2 Å². The number of ether oxygens (including phenoxy) is 2. The molecular weight excluding hydrogens is 490 g/mol. The van der Waals surface area contributed by atoms with Gasteiger partial charge in [-0.3, -0.25) is 9.59 Å². The number of aryl methyl sites for hydroxylation is 1. The highest BCUT2D eigenvalue weighted by atomic mass is 79.9. The van der Waals surface area contributed by atoms with Gasteiger partial charge in [0.25, 0.3) is 11.8 Å². The van der Waals surface area contributed by atoms with Gasteiger partial charge >= 0.3 is 0 Å². The van der Waals surface area contributed by atoms with Crippen LogP contribution in [0.25, 0.3) is 0 Å². The highest BCUT2D eigenvalue weighted by molar-refractivity contribution is 9.10. The lowest BCUT2D eigenvalue weighted by Gasteiger charge is -2.11. The molecule has 33 heavy (non-hydrogen) atoms. The number of hydrogen-bond donors (Lipinski definition) is 3. The fourth-order valence-corrected chi connectivity index (χ4v) is 3.14. The van der Waals surface area contributed by atoms with Crippen molar-refractivity contribution in [1.29, 1.82) is 0 Å². The van der Waals surface area contributed by atoms with E-state index in [0.717, 1.165) is 5.56 Å². The lowest BCUT2D eigenvalue weighted by molar-refractivity contribution is -0.118. The van der Waals surface area contributed by atoms with Crippen molar-refractivity contribution in [3.05, 3.63) is 81.8 Å². The second-order valence-electron chi connectivity index (χ2n) is 6.97. The molecule has 0 atom stereocenters. The number of carbonyl (C=O) groups is 2. The summed E-state index contributed by atoms with van der Waals surface area (Å²) in [5.74, 6) is -0.225. The standard InChI is InChI=1S/C24H22BrN3O5/c1-15-3-7-18(8-4-15)27-23(30)14-33-21-10-5-16(11-22(21)32-2)13-26-28-24(31)19-12-17(25)6-9-20(19)29/h3-13,29H,14H2,1-2H3,(H,27,30)(H,28,31)/b26-13+. The molecule has 0 radical (unpaired) electrons. The average Bonchev–Trinajstić information content (AvgIpc) is 2.81. The predicted octanol–water partition coefficient (Wildman–Crippen LogP) is 4.25. The number of nitrogens with zero attached hydrogens (tertiary/aromatic N) is 1. The highest BCUT2D eigenvalue weighted by Gasteiger charge is 2.11. The van der Waals surface area contributed by atoms with Crippen LogP contribution in [0, 0.1) is 6.92 Å². The van der Waals surface area contributed by atoms with Crippen LogP contribution in [0.3, 0.4) is 0 Å². The van der Waals surface area contributed by atoms with Gasteiger partial charge in [-0.1, -0.05) is 33.6 Å². The molecule has 0 aliphatic carbocycles. The first kappa shape index (κ1) is 23.8. The third-order valence-electron chi connectivity index (χ3n) is 4.46. The van der Waals surface area contributed by atoms with Gasteiger partial charge in [-0.05, 0) is 61.0 Å². The Bertz CT molecular complexity index is 1180. The van der Waals surface area contributed by atoms with Gasteiger partial charge in [-0.25, -0.2) is 5.43 Å². The summed E-state index contributed by atoms with van der Waals surface area (Å²) in [4.78, 5) is 24.3. The van der Waals surface area contributed by atoms with E-state index in [9.17, 15) is 14.7 Å². The van der Waals surface area contributed by atoms with E-state index in [1.54, 1.807) is 24.3 Å². The van der Waals surface area contributed by atoms with Crippen molar-refractivity contribution in [3.63, 3.8) is 0 Å². The van der Waals surface area contributed by atoms with Crippen molar-refractivity contribution in [1.82, 2.24) is 5.43 Å². The third kappa shape index (κ3) is 6.81. The van der Waals surface area contributed by atoms with Crippen LogP contribution in [-0.2, 0) is 4.79 Å². The maximum absolute atomic E-state index is 12.2. The lowest BCUT2D eigenvalue weighted by atomic mass is 10.2. The first-order valence-electron chi connectivity index (χ1n) is 9.85. The summed E-state index contributed by atoms with van der Waals surface area (Å²) in [7, 11) is 1.48. The van der Waals surface area contributed by atoms with Crippen molar-refractivity contribution < 1.29 is 24.2 Å². The van der Waals surface area contributed by atoms with Gasteiger partial charge in [0.15, 0.2) is 18.1 Å². The molecule has 0 saturated heterocycles. The molecule has 3 aromatic carbocycles. The van der Waals surface area contributed by atoms with Crippen LogP contribution in [0.1, 0.15) is 21.5 Å². The number of amides is 2. The smallest absolute Gasteiger partial charge is 0.275 e. The van der Waals surface area contributed by atoms with Crippen molar-refractivity contribution >= 4 is 39.6 Å². The van der Waals surface area contributed by atoms with Crippen molar-refractivity contribution in [2.24, 2.45) is 5.10 Å². The normalized spacial score (nSPS) is 10.6. The largest absolute Gasteiger partial charge is 0.507 e. The SMILES string of the molecule is COc1cc(/C=N/NC(=O)c2cc(Br)ccc2O)ccc1OCC(=O)Nc1ccc(C)cc1. The van der Waals surface area contributed by atoms with E-state index in [4.69, 9.17) is 9.47 Å². The zero-order valence-electron chi connectivity index (χ0n) is 18.0. The van der Waals surface area contributed by atoms with Gasteiger partial charge in [0.1, 0.15) is 5.75 Å². The fourth-order valence-electron chi connectivity index (χ4n) is 2.78. The van der Waals surface area contributed by atoms with E-state index in [0.29, 0.717) is 27.2 Å². The van der Waals surface area contributed by atoms with E-state index < -0.39 is 5.91 Å². The molecule has 0 aliphatic heterocycles. The fraction of sp³-hybridized carbons (Fsp3) is 0.125. The molecule has 0 unspecified atom stereocenters. The van der Waals surface area contributed by atoms with Crippen LogP contribution in [0.15, 0.2) is 70.2 Å². The zero-order valence-corrected chi connectivity index (χ0v) is 19.5. The van der Waals surface area contributed by atoms with Gasteiger partial charge in [0.2, 0.25) is 0 Å². The summed E-state index contributed by atoms with van der Waals surface area (Å²) in [6, 6.07) is 17.0. The Kier molecular flexibility index (Phi) is 8.04. The number of phenols is 1. The Morgan fingerprint density at radius 1 is 1.06 bits per heavy atom. The molecule has 0 heterocycles. The number of anilines is 1. The van der Waals surface area contributed by atoms with Gasteiger partial charge in [-0.15, -0.1) is 0 Å². The van der Waals surface area contributed by atoms with Gasteiger partial charge in [0, 0.05) is 10.2 Å². The average molecular weight is 512 g/mol. The number of hydrogen-bond acceptors (Lipinski definition) is 6. The van der Waals surface area contributed by atoms with Crippen molar-refractivity contribution in [2.75, 3.05) is 19.0 Å². The molecule has 0 aromatic heterocycles. The van der Waals surface area contributed by atoms with Crippen LogP contribution in [-0.4, -0.2) is 36.9 Å². The molecule has 2 amide bonds. The number of nitrogens with one attached hydrogen (secondary N) is 2. The molecule has 3 N–H and O–H groups in total. The maximum atomic E-state index is 12.2. The topological polar surface area (TPSA) is 109 Å². The molecule has 0 saturated carbocycles. The molecule has 0 fully saturated rings. The van der Waals surface area contributed by atoms with Gasteiger partial charge in [0.05, 0.1) is 18.9 Å². The number of rotatable bonds is 8. The Hall–Kier alpha value is -3.85.